The Morgan fingerprint density at radius 2 is 1.72 bits per heavy atom. The molecule has 3 atom stereocenters. The molecule has 0 amide bonds. The van der Waals surface area contributed by atoms with Gasteiger partial charge in [-0.3, -0.25) is 0 Å². The highest BCUT2D eigenvalue weighted by Crippen LogP contribution is 2.38. The minimum Gasteiger partial charge on any atom is -0.316 e. The van der Waals surface area contributed by atoms with Gasteiger partial charge >= 0.3 is 0 Å². The molecule has 0 bridgehead atoms. The van der Waals surface area contributed by atoms with E-state index in [9.17, 15) is 0 Å². The zero-order valence-corrected chi connectivity index (χ0v) is 13.3. The lowest BCUT2D eigenvalue weighted by atomic mass is 9.70. The first-order chi connectivity index (χ1) is 8.52. The Kier molecular flexibility index (Phi) is 7.29. The molecule has 108 valence electrons. The smallest absolute Gasteiger partial charge is 0.00178 e. The minimum absolute atomic E-state index is 0.778. The SMILES string of the molecule is CCC1CCC(CNCC(C)C)C(CC(C)C)C1. The van der Waals surface area contributed by atoms with Gasteiger partial charge in [0.05, 0.1) is 0 Å². The lowest BCUT2D eigenvalue weighted by Gasteiger charge is -2.37. The predicted octanol–water partition coefficient (Wildman–Crippen LogP) is 4.72. The summed E-state index contributed by atoms with van der Waals surface area (Å²) in [5.74, 6) is 4.56. The van der Waals surface area contributed by atoms with Crippen LogP contribution in [0.2, 0.25) is 0 Å². The zero-order valence-electron chi connectivity index (χ0n) is 13.3. The van der Waals surface area contributed by atoms with Crippen molar-refractivity contribution in [2.24, 2.45) is 29.6 Å². The average molecular weight is 253 g/mol. The fourth-order valence-electron chi connectivity index (χ4n) is 3.52. The molecule has 0 aliphatic heterocycles. The van der Waals surface area contributed by atoms with Crippen LogP contribution in [0.15, 0.2) is 0 Å². The molecule has 18 heavy (non-hydrogen) atoms. The van der Waals surface area contributed by atoms with Crippen LogP contribution in [0.3, 0.4) is 0 Å². The van der Waals surface area contributed by atoms with Crippen LogP contribution in [0.25, 0.3) is 0 Å². The van der Waals surface area contributed by atoms with E-state index in [0.717, 1.165) is 29.6 Å². The third-order valence-corrected chi connectivity index (χ3v) is 4.56. The summed E-state index contributed by atoms with van der Waals surface area (Å²) in [6.07, 6.45) is 7.24. The Bertz CT molecular complexity index is 210. The molecule has 1 nitrogen and oxygen atoms in total. The van der Waals surface area contributed by atoms with Crippen molar-refractivity contribution in [1.82, 2.24) is 5.32 Å². The molecule has 0 saturated heterocycles. The van der Waals surface area contributed by atoms with Crippen LogP contribution in [0.1, 0.15) is 66.7 Å². The van der Waals surface area contributed by atoms with Gasteiger partial charge in [0.2, 0.25) is 0 Å². The van der Waals surface area contributed by atoms with Gasteiger partial charge in [0.15, 0.2) is 0 Å². The maximum atomic E-state index is 3.69. The Morgan fingerprint density at radius 3 is 2.28 bits per heavy atom. The Morgan fingerprint density at radius 1 is 1.00 bits per heavy atom. The largest absolute Gasteiger partial charge is 0.316 e. The maximum Gasteiger partial charge on any atom is -0.00178 e. The Balaban J connectivity index is 2.41. The average Bonchev–Trinajstić information content (AvgIpc) is 2.29. The minimum atomic E-state index is 0.778. The van der Waals surface area contributed by atoms with Crippen molar-refractivity contribution in [2.75, 3.05) is 13.1 Å². The predicted molar refractivity (Wildman–Crippen MR) is 81.8 cm³/mol. The van der Waals surface area contributed by atoms with Crippen molar-refractivity contribution in [3.63, 3.8) is 0 Å². The van der Waals surface area contributed by atoms with Gasteiger partial charge in [0.1, 0.15) is 0 Å². The van der Waals surface area contributed by atoms with Gasteiger partial charge in [-0.05, 0) is 61.9 Å². The summed E-state index contributed by atoms with van der Waals surface area (Å²) < 4.78 is 0. The molecular formula is C17H35N. The first kappa shape index (κ1) is 16.0. The summed E-state index contributed by atoms with van der Waals surface area (Å²) in [6.45, 7) is 14.2. The van der Waals surface area contributed by atoms with E-state index in [1.807, 2.05) is 0 Å². The van der Waals surface area contributed by atoms with E-state index in [1.165, 1.54) is 45.2 Å². The third kappa shape index (κ3) is 5.73. The van der Waals surface area contributed by atoms with Crippen molar-refractivity contribution in [3.8, 4) is 0 Å². The van der Waals surface area contributed by atoms with Gasteiger partial charge in [-0.15, -0.1) is 0 Å². The third-order valence-electron chi connectivity index (χ3n) is 4.56. The lowest BCUT2D eigenvalue weighted by Crippen LogP contribution is -2.35. The van der Waals surface area contributed by atoms with Crippen LogP contribution in [-0.2, 0) is 0 Å². The van der Waals surface area contributed by atoms with E-state index in [2.05, 4.69) is 39.9 Å². The van der Waals surface area contributed by atoms with Crippen LogP contribution in [0.5, 0.6) is 0 Å². The molecule has 0 aromatic rings. The van der Waals surface area contributed by atoms with Gasteiger partial charge in [0.25, 0.3) is 0 Å². The Labute approximate surface area is 115 Å². The highest BCUT2D eigenvalue weighted by molar-refractivity contribution is 4.82. The number of rotatable bonds is 7. The quantitative estimate of drug-likeness (QED) is 0.692. The van der Waals surface area contributed by atoms with Gasteiger partial charge in [-0.2, -0.15) is 0 Å². The summed E-state index contributed by atoms with van der Waals surface area (Å²) in [5.41, 5.74) is 0. The van der Waals surface area contributed by atoms with Gasteiger partial charge in [0, 0.05) is 0 Å². The van der Waals surface area contributed by atoms with Crippen molar-refractivity contribution >= 4 is 0 Å². The second-order valence-electron chi connectivity index (χ2n) is 7.29. The van der Waals surface area contributed by atoms with Crippen molar-refractivity contribution < 1.29 is 0 Å². The second kappa shape index (κ2) is 8.19. The van der Waals surface area contributed by atoms with Crippen LogP contribution in [0.4, 0.5) is 0 Å². The molecule has 0 aromatic heterocycles. The molecule has 0 heterocycles. The summed E-state index contributed by atoms with van der Waals surface area (Å²) in [4.78, 5) is 0. The molecular weight excluding hydrogens is 218 g/mol. The summed E-state index contributed by atoms with van der Waals surface area (Å²) >= 11 is 0. The van der Waals surface area contributed by atoms with Crippen LogP contribution >= 0.6 is 0 Å². The van der Waals surface area contributed by atoms with Crippen LogP contribution in [-0.4, -0.2) is 13.1 Å². The monoisotopic (exact) mass is 253 g/mol. The Hall–Kier alpha value is -0.0400. The van der Waals surface area contributed by atoms with Gasteiger partial charge < -0.3 is 5.32 Å². The fourth-order valence-corrected chi connectivity index (χ4v) is 3.52. The maximum absolute atomic E-state index is 3.69. The molecule has 0 aromatic carbocycles. The molecule has 3 unspecified atom stereocenters. The van der Waals surface area contributed by atoms with E-state index >= 15 is 0 Å². The van der Waals surface area contributed by atoms with Crippen LogP contribution in [0, 0.1) is 29.6 Å². The van der Waals surface area contributed by atoms with Gasteiger partial charge in [-0.1, -0.05) is 47.5 Å². The summed E-state index contributed by atoms with van der Waals surface area (Å²) in [6, 6.07) is 0. The molecule has 1 aliphatic rings. The molecule has 1 N–H and O–H groups in total. The lowest BCUT2D eigenvalue weighted by molar-refractivity contribution is 0.149. The zero-order chi connectivity index (χ0) is 13.5. The van der Waals surface area contributed by atoms with Crippen molar-refractivity contribution in [1.29, 1.82) is 0 Å². The van der Waals surface area contributed by atoms with Crippen molar-refractivity contribution in [2.45, 2.75) is 66.7 Å². The highest BCUT2D eigenvalue weighted by atomic mass is 14.9. The topological polar surface area (TPSA) is 12.0 Å². The molecule has 0 radical (unpaired) electrons. The first-order valence-corrected chi connectivity index (χ1v) is 8.23. The molecule has 1 fully saturated rings. The van der Waals surface area contributed by atoms with Gasteiger partial charge in [-0.25, -0.2) is 0 Å². The normalized spacial score (nSPS) is 29.2. The molecule has 1 rings (SSSR count). The number of hydrogen-bond donors (Lipinski definition) is 1. The van der Waals surface area contributed by atoms with E-state index < -0.39 is 0 Å². The van der Waals surface area contributed by atoms with E-state index in [4.69, 9.17) is 0 Å². The first-order valence-electron chi connectivity index (χ1n) is 8.23. The molecule has 0 spiro atoms. The number of nitrogens with one attached hydrogen (secondary N) is 1. The molecule has 1 aliphatic carbocycles. The highest BCUT2D eigenvalue weighted by Gasteiger charge is 2.29. The van der Waals surface area contributed by atoms with E-state index in [-0.39, 0.29) is 0 Å². The van der Waals surface area contributed by atoms with E-state index in [1.54, 1.807) is 0 Å². The molecule has 1 saturated carbocycles. The van der Waals surface area contributed by atoms with E-state index in [0.29, 0.717) is 0 Å². The van der Waals surface area contributed by atoms with Crippen molar-refractivity contribution in [3.05, 3.63) is 0 Å². The van der Waals surface area contributed by atoms with Crippen LogP contribution < -0.4 is 5.32 Å². The molecule has 1 heteroatoms. The summed E-state index contributed by atoms with van der Waals surface area (Å²) in [7, 11) is 0. The summed E-state index contributed by atoms with van der Waals surface area (Å²) in [5, 5.41) is 3.69. The second-order valence-corrected chi connectivity index (χ2v) is 7.29. The fraction of sp³-hybridized carbons (Fsp3) is 1.00. The number of hydrogen-bond acceptors (Lipinski definition) is 1. The standard InChI is InChI=1S/C17H35N/c1-6-15-7-8-16(12-18-11-14(4)5)17(10-15)9-13(2)3/h13-18H,6-12H2,1-5H3.